The van der Waals surface area contributed by atoms with Crippen LogP contribution in [0.3, 0.4) is 0 Å². The average molecular weight is 381 g/mol. The Kier molecular flexibility index (Phi) is 6.90. The van der Waals surface area contributed by atoms with E-state index in [0.29, 0.717) is 11.7 Å². The average Bonchev–Trinajstić information content (AvgIpc) is 2.83. The van der Waals surface area contributed by atoms with E-state index in [-0.39, 0.29) is 16.7 Å². The lowest BCUT2D eigenvalue weighted by Gasteiger charge is -2.49. The third kappa shape index (κ3) is 5.79. The molecule has 2 saturated carbocycles. The first-order valence-corrected chi connectivity index (χ1v) is 11.2. The molecule has 2 N–H and O–H groups in total. The molecule has 3 atom stereocenters. The Hall–Kier alpha value is -0.410. The van der Waals surface area contributed by atoms with E-state index in [4.69, 9.17) is 0 Å². The van der Waals surface area contributed by atoms with Crippen LogP contribution in [-0.2, 0) is 4.79 Å². The van der Waals surface area contributed by atoms with Crippen molar-refractivity contribution < 1.29 is 15.0 Å². The summed E-state index contributed by atoms with van der Waals surface area (Å²) < 4.78 is 0. The van der Waals surface area contributed by atoms with E-state index in [1.54, 1.807) is 0 Å². The molecule has 27 heavy (non-hydrogen) atoms. The van der Waals surface area contributed by atoms with Crippen LogP contribution in [0.15, 0.2) is 0 Å². The fourth-order valence-corrected chi connectivity index (χ4v) is 6.40. The van der Waals surface area contributed by atoms with Crippen LogP contribution in [0.1, 0.15) is 112 Å². The second-order valence-corrected chi connectivity index (χ2v) is 11.5. The van der Waals surface area contributed by atoms with Crippen LogP contribution in [0.5, 0.6) is 0 Å². The standard InChI is InChI=1S/C24H44O3/c1-21(2,26)13-8-15-23(5,16-9-14-22(3,4)27)20-12-11-18-19(25)10-7-17-24(18,20)6/h18,20,26-27H,7-17H2,1-6H3/t18?,20-,24?/m1/s1. The van der Waals surface area contributed by atoms with Crippen LogP contribution in [0.2, 0.25) is 0 Å². The summed E-state index contributed by atoms with van der Waals surface area (Å²) in [6.07, 6.45) is 11.1. The summed E-state index contributed by atoms with van der Waals surface area (Å²) >= 11 is 0. The SMILES string of the molecule is CC(C)(O)CCCC(C)(CCCC(C)(C)O)[C@H]1CCC2C(=O)CCCC21C. The van der Waals surface area contributed by atoms with Gasteiger partial charge in [-0.3, -0.25) is 4.79 Å². The number of hydrogen-bond acceptors (Lipinski definition) is 3. The summed E-state index contributed by atoms with van der Waals surface area (Å²) in [5.74, 6) is 1.34. The van der Waals surface area contributed by atoms with E-state index in [1.165, 1.54) is 6.42 Å². The molecule has 0 spiro atoms. The quantitative estimate of drug-likeness (QED) is 0.542. The van der Waals surface area contributed by atoms with Gasteiger partial charge < -0.3 is 10.2 Å². The number of ketones is 1. The van der Waals surface area contributed by atoms with Crippen LogP contribution >= 0.6 is 0 Å². The smallest absolute Gasteiger partial charge is 0.136 e. The summed E-state index contributed by atoms with van der Waals surface area (Å²) in [5, 5.41) is 20.3. The van der Waals surface area contributed by atoms with Crippen molar-refractivity contribution in [2.75, 3.05) is 0 Å². The molecule has 2 aliphatic rings. The first kappa shape index (κ1) is 22.9. The van der Waals surface area contributed by atoms with Gasteiger partial charge in [0.2, 0.25) is 0 Å². The Morgan fingerprint density at radius 1 is 0.926 bits per heavy atom. The maximum absolute atomic E-state index is 12.6. The highest BCUT2D eigenvalue weighted by Crippen LogP contribution is 2.61. The van der Waals surface area contributed by atoms with Crippen molar-refractivity contribution in [2.24, 2.45) is 22.7 Å². The predicted octanol–water partition coefficient (Wildman–Crippen LogP) is 5.66. The van der Waals surface area contributed by atoms with Crippen LogP contribution < -0.4 is 0 Å². The molecule has 2 unspecified atom stereocenters. The molecule has 158 valence electrons. The van der Waals surface area contributed by atoms with Crippen molar-refractivity contribution in [3.63, 3.8) is 0 Å². The zero-order valence-corrected chi connectivity index (χ0v) is 18.7. The van der Waals surface area contributed by atoms with Gasteiger partial charge >= 0.3 is 0 Å². The highest BCUT2D eigenvalue weighted by Gasteiger charge is 2.56. The van der Waals surface area contributed by atoms with Gasteiger partial charge in [-0.15, -0.1) is 0 Å². The lowest BCUT2D eigenvalue weighted by molar-refractivity contribution is -0.131. The molecule has 0 aliphatic heterocycles. The first-order chi connectivity index (χ1) is 12.3. The Labute approximate surface area is 167 Å². The molecule has 2 rings (SSSR count). The second kappa shape index (κ2) is 8.14. The van der Waals surface area contributed by atoms with Gasteiger partial charge in [-0.1, -0.05) is 26.7 Å². The van der Waals surface area contributed by atoms with Gasteiger partial charge in [0, 0.05) is 12.3 Å². The number of fused-ring (bicyclic) bond motifs is 1. The zero-order valence-electron chi connectivity index (χ0n) is 18.7. The molecule has 0 amide bonds. The third-order valence-corrected chi connectivity index (χ3v) is 7.78. The zero-order chi connectivity index (χ0) is 20.5. The summed E-state index contributed by atoms with van der Waals surface area (Å²) in [5.41, 5.74) is -0.904. The van der Waals surface area contributed by atoms with Crippen molar-refractivity contribution in [3.05, 3.63) is 0 Å². The van der Waals surface area contributed by atoms with E-state index in [0.717, 1.165) is 64.2 Å². The Morgan fingerprint density at radius 3 is 1.93 bits per heavy atom. The van der Waals surface area contributed by atoms with Gasteiger partial charge in [-0.25, -0.2) is 0 Å². The van der Waals surface area contributed by atoms with Gasteiger partial charge in [0.05, 0.1) is 11.2 Å². The maximum atomic E-state index is 12.6. The number of carbonyl (C=O) groups excluding carboxylic acids is 1. The van der Waals surface area contributed by atoms with Crippen LogP contribution in [0, 0.1) is 22.7 Å². The topological polar surface area (TPSA) is 57.5 Å². The second-order valence-electron chi connectivity index (χ2n) is 11.5. The molecular weight excluding hydrogens is 336 g/mol. The molecule has 0 aromatic heterocycles. The van der Waals surface area contributed by atoms with E-state index in [9.17, 15) is 15.0 Å². The highest BCUT2D eigenvalue weighted by atomic mass is 16.3. The van der Waals surface area contributed by atoms with Gasteiger partial charge in [-0.05, 0) is 95.8 Å². The highest BCUT2D eigenvalue weighted by molar-refractivity contribution is 5.83. The van der Waals surface area contributed by atoms with Crippen molar-refractivity contribution >= 4 is 5.78 Å². The van der Waals surface area contributed by atoms with Crippen LogP contribution in [-0.4, -0.2) is 27.2 Å². The molecule has 0 aromatic rings. The van der Waals surface area contributed by atoms with Crippen molar-refractivity contribution in [3.8, 4) is 0 Å². The van der Waals surface area contributed by atoms with Gasteiger partial charge in [0.25, 0.3) is 0 Å². The first-order valence-electron chi connectivity index (χ1n) is 11.2. The fourth-order valence-electron chi connectivity index (χ4n) is 6.40. The predicted molar refractivity (Wildman–Crippen MR) is 112 cm³/mol. The minimum Gasteiger partial charge on any atom is -0.390 e. The number of aliphatic hydroxyl groups is 2. The van der Waals surface area contributed by atoms with Crippen molar-refractivity contribution in [2.45, 2.75) is 123 Å². The lowest BCUT2D eigenvalue weighted by atomic mass is 9.56. The number of rotatable bonds is 9. The summed E-state index contributed by atoms with van der Waals surface area (Å²) in [6, 6.07) is 0. The van der Waals surface area contributed by atoms with Gasteiger partial charge in [0.15, 0.2) is 0 Å². The molecule has 2 fully saturated rings. The lowest BCUT2D eigenvalue weighted by Crippen LogP contribution is -2.43. The van der Waals surface area contributed by atoms with Crippen LogP contribution in [0.25, 0.3) is 0 Å². The van der Waals surface area contributed by atoms with E-state index in [1.807, 2.05) is 27.7 Å². The Balaban J connectivity index is 2.16. The molecule has 0 radical (unpaired) electrons. The number of hydrogen-bond donors (Lipinski definition) is 2. The molecule has 3 nitrogen and oxygen atoms in total. The normalized spacial score (nSPS) is 29.9. The van der Waals surface area contributed by atoms with E-state index >= 15 is 0 Å². The van der Waals surface area contributed by atoms with E-state index < -0.39 is 11.2 Å². The summed E-state index contributed by atoms with van der Waals surface area (Å²) in [6.45, 7) is 12.4. The molecule has 0 aromatic carbocycles. The largest absolute Gasteiger partial charge is 0.390 e. The molecule has 0 heterocycles. The maximum Gasteiger partial charge on any atom is 0.136 e. The molecule has 2 aliphatic carbocycles. The monoisotopic (exact) mass is 380 g/mol. The van der Waals surface area contributed by atoms with Crippen molar-refractivity contribution in [1.29, 1.82) is 0 Å². The molecule has 0 bridgehead atoms. The number of Topliss-reactive ketones (excluding diaryl/α,β-unsaturated/α-hetero) is 1. The minimum atomic E-state index is -0.614. The molecule has 3 heteroatoms. The summed E-state index contributed by atoms with van der Waals surface area (Å²) in [4.78, 5) is 12.6. The minimum absolute atomic E-state index is 0.146. The summed E-state index contributed by atoms with van der Waals surface area (Å²) in [7, 11) is 0. The van der Waals surface area contributed by atoms with Gasteiger partial charge in [-0.2, -0.15) is 0 Å². The third-order valence-electron chi connectivity index (χ3n) is 7.78. The van der Waals surface area contributed by atoms with E-state index in [2.05, 4.69) is 13.8 Å². The Morgan fingerprint density at radius 2 is 1.44 bits per heavy atom. The van der Waals surface area contributed by atoms with Crippen LogP contribution in [0.4, 0.5) is 0 Å². The fraction of sp³-hybridized carbons (Fsp3) is 0.958. The number of carbonyl (C=O) groups is 1. The molecule has 0 saturated heterocycles. The van der Waals surface area contributed by atoms with Crippen molar-refractivity contribution in [1.82, 2.24) is 0 Å². The molecular formula is C24H44O3. The Bertz CT molecular complexity index is 491. The van der Waals surface area contributed by atoms with Gasteiger partial charge in [0.1, 0.15) is 5.78 Å².